The van der Waals surface area contributed by atoms with E-state index in [1.165, 1.54) is 0 Å². The molecule has 12 unspecified atom stereocenters. The monoisotopic (exact) mass is 452 g/mol. The Morgan fingerprint density at radius 3 is 2.42 bits per heavy atom. The summed E-state index contributed by atoms with van der Waals surface area (Å²) in [6, 6.07) is -1.55. The lowest BCUT2D eigenvalue weighted by Gasteiger charge is -2.47. The van der Waals surface area contributed by atoms with Crippen LogP contribution in [0.25, 0.3) is 0 Å². The van der Waals surface area contributed by atoms with E-state index in [-0.39, 0.29) is 24.8 Å². The van der Waals surface area contributed by atoms with Crippen molar-refractivity contribution in [2.24, 2.45) is 5.73 Å². The smallest absolute Gasteiger partial charge is 0.211 e. The summed E-state index contributed by atoms with van der Waals surface area (Å²) in [5, 5.41) is 35.1. The van der Waals surface area contributed by atoms with E-state index in [1.807, 2.05) is 0 Å². The Labute approximate surface area is 182 Å². The minimum absolute atomic E-state index is 0.00958. The lowest BCUT2D eigenvalue weighted by atomic mass is 9.84. The number of likely N-dealkylation sites (N-methyl/N-ethyl adjacent to an activating group) is 1. The Hall–Kier alpha value is -0.480. The van der Waals surface area contributed by atoms with Gasteiger partial charge < -0.3 is 62.5 Å². The zero-order valence-electron chi connectivity index (χ0n) is 18.6. The second-order valence-electron chi connectivity index (χ2n) is 9.40. The molecule has 3 aliphatic rings. The van der Waals surface area contributed by atoms with Crippen LogP contribution in [0.5, 0.6) is 0 Å². The van der Waals surface area contributed by atoms with E-state index in [2.05, 4.69) is 22.5 Å². The molecule has 12 atom stereocenters. The van der Waals surface area contributed by atoms with Gasteiger partial charge in [-0.3, -0.25) is 0 Å². The van der Waals surface area contributed by atoms with Gasteiger partial charge in [0.15, 0.2) is 6.29 Å². The molecular formula is C19H42N5O7+3. The van der Waals surface area contributed by atoms with Gasteiger partial charge in [-0.05, 0) is 20.4 Å². The molecule has 0 aromatic rings. The fourth-order valence-corrected chi connectivity index (χ4v) is 4.85. The summed E-state index contributed by atoms with van der Waals surface area (Å²) in [6.07, 6.45) is -3.25. The van der Waals surface area contributed by atoms with Crippen molar-refractivity contribution in [3.8, 4) is 0 Å². The molecule has 12 heteroatoms. The molecule has 2 saturated heterocycles. The minimum Gasteiger partial charge on any atom is -0.387 e. The number of hydrogen-bond acceptors (Lipinski definition) is 9. The molecule has 12 nitrogen and oxygen atoms in total. The molecule has 1 saturated carbocycles. The summed E-state index contributed by atoms with van der Waals surface area (Å²) in [7, 11) is 1.64. The van der Waals surface area contributed by atoms with Crippen molar-refractivity contribution in [2.45, 2.75) is 99.1 Å². The van der Waals surface area contributed by atoms with Gasteiger partial charge in [0.2, 0.25) is 6.29 Å². The van der Waals surface area contributed by atoms with Gasteiger partial charge in [0.25, 0.3) is 0 Å². The van der Waals surface area contributed by atoms with E-state index in [0.29, 0.717) is 13.0 Å². The molecule has 0 amide bonds. The van der Waals surface area contributed by atoms with Gasteiger partial charge in [0.05, 0.1) is 12.6 Å². The van der Waals surface area contributed by atoms with Crippen molar-refractivity contribution >= 4 is 0 Å². The molecule has 3 fully saturated rings. The van der Waals surface area contributed by atoms with Gasteiger partial charge in [-0.15, -0.1) is 0 Å². The van der Waals surface area contributed by atoms with Crippen LogP contribution in [0.2, 0.25) is 0 Å². The van der Waals surface area contributed by atoms with Crippen LogP contribution >= 0.6 is 0 Å². The molecule has 0 aromatic carbocycles. The maximum absolute atomic E-state index is 11.1. The van der Waals surface area contributed by atoms with Crippen molar-refractivity contribution in [1.82, 2.24) is 5.32 Å². The molecule has 15 N–H and O–H groups in total. The first-order valence-electron chi connectivity index (χ1n) is 11.1. The zero-order chi connectivity index (χ0) is 22.9. The Kier molecular flexibility index (Phi) is 8.27. The van der Waals surface area contributed by atoms with Crippen LogP contribution < -0.4 is 28.3 Å². The van der Waals surface area contributed by atoms with Crippen molar-refractivity contribution in [3.05, 3.63) is 0 Å². The molecule has 0 radical (unpaired) electrons. The van der Waals surface area contributed by atoms with Crippen LogP contribution in [0.4, 0.5) is 0 Å². The number of nitrogens with one attached hydrogen (secondary N) is 1. The Morgan fingerprint density at radius 1 is 1.10 bits per heavy atom. The number of ether oxygens (including phenoxy) is 4. The van der Waals surface area contributed by atoms with E-state index >= 15 is 0 Å². The first-order valence-corrected chi connectivity index (χ1v) is 11.1. The summed E-state index contributed by atoms with van der Waals surface area (Å²) in [5.74, 6) is 0. The summed E-state index contributed by atoms with van der Waals surface area (Å²) < 4.78 is 23.7. The van der Waals surface area contributed by atoms with Gasteiger partial charge in [0.1, 0.15) is 54.7 Å². The maximum Gasteiger partial charge on any atom is 0.211 e. The zero-order valence-corrected chi connectivity index (χ0v) is 18.6. The van der Waals surface area contributed by atoms with Crippen molar-refractivity contribution in [2.75, 3.05) is 20.2 Å². The predicted octanol–water partition coefficient (Wildman–Crippen LogP) is -6.13. The van der Waals surface area contributed by atoms with Gasteiger partial charge in [-0.1, -0.05) is 0 Å². The van der Waals surface area contributed by atoms with Crippen LogP contribution in [0.3, 0.4) is 0 Å². The molecule has 0 bridgehead atoms. The van der Waals surface area contributed by atoms with E-state index in [0.717, 1.165) is 12.8 Å². The maximum atomic E-state index is 11.1. The summed E-state index contributed by atoms with van der Waals surface area (Å²) in [5.41, 5.74) is 17.1. The number of quaternary nitrogens is 3. The number of nitrogens with two attached hydrogens (primary N) is 1. The highest BCUT2D eigenvalue weighted by Crippen LogP contribution is 2.30. The molecule has 0 aromatic heterocycles. The van der Waals surface area contributed by atoms with E-state index in [9.17, 15) is 15.3 Å². The molecule has 1 aliphatic carbocycles. The normalized spacial score (nSPS) is 51.6. The number of aliphatic hydroxyl groups is 3. The van der Waals surface area contributed by atoms with E-state index in [1.54, 1.807) is 14.0 Å². The number of rotatable bonds is 6. The Morgan fingerprint density at radius 2 is 1.77 bits per heavy atom. The van der Waals surface area contributed by atoms with Gasteiger partial charge in [-0.2, -0.15) is 0 Å². The first kappa shape index (κ1) is 25.1. The summed E-state index contributed by atoms with van der Waals surface area (Å²) >= 11 is 0. The lowest BCUT2D eigenvalue weighted by molar-refractivity contribution is -0.494. The highest BCUT2D eigenvalue weighted by Gasteiger charge is 2.52. The first-order chi connectivity index (χ1) is 14.6. The third-order valence-electron chi connectivity index (χ3n) is 6.75. The fourth-order valence-electron chi connectivity index (χ4n) is 4.85. The van der Waals surface area contributed by atoms with Crippen molar-refractivity contribution < 1.29 is 51.5 Å². The molecule has 3 rings (SSSR count). The minimum atomic E-state index is -1.26. The van der Waals surface area contributed by atoms with Crippen LogP contribution in [0.1, 0.15) is 26.2 Å². The molecule has 182 valence electrons. The molecular weight excluding hydrogens is 410 g/mol. The topological polar surface area (TPSA) is 219 Å². The SMILES string of the molecule is CNC1C(O)C(OC2C([NH3+])CC(N)C(OC3OC(C[NH3+])CCC3[NH3+])C2O)OCC1(C)O. The quantitative estimate of drug-likeness (QED) is 0.192. The number of hydrogen-bond donors (Lipinski definition) is 8. The highest BCUT2D eigenvalue weighted by molar-refractivity contribution is 5.00. The third kappa shape index (κ3) is 5.37. The fraction of sp³-hybridized carbons (Fsp3) is 1.00. The average Bonchev–Trinajstić information content (AvgIpc) is 2.71. The highest BCUT2D eigenvalue weighted by atomic mass is 16.7. The van der Waals surface area contributed by atoms with Crippen LogP contribution in [-0.4, -0.2) is 108 Å². The third-order valence-corrected chi connectivity index (χ3v) is 6.75. The molecule has 2 aliphatic heterocycles. The summed E-state index contributed by atoms with van der Waals surface area (Å²) in [6.45, 7) is 2.18. The van der Waals surface area contributed by atoms with E-state index < -0.39 is 54.7 Å². The standard InChI is InChI=1S/C19H39N5O7/c1-19(27)7-28-18(13(26)16(19)24-2)31-15-11(23)5-10(22)14(12(15)25)30-17-9(21)4-3-8(6-20)29-17/h8-18,24-27H,3-7,20-23H2,1-2H3/p+3. The molecule has 0 spiro atoms. The van der Waals surface area contributed by atoms with Crippen LogP contribution in [0, 0.1) is 0 Å². The Balaban J connectivity index is 1.68. The van der Waals surface area contributed by atoms with Crippen LogP contribution in [-0.2, 0) is 18.9 Å². The van der Waals surface area contributed by atoms with Crippen LogP contribution in [0.15, 0.2) is 0 Å². The average molecular weight is 453 g/mol. The van der Waals surface area contributed by atoms with Crippen molar-refractivity contribution in [1.29, 1.82) is 0 Å². The molecule has 2 heterocycles. The Bertz CT molecular complexity index is 588. The predicted molar refractivity (Wildman–Crippen MR) is 107 cm³/mol. The molecule has 31 heavy (non-hydrogen) atoms. The largest absolute Gasteiger partial charge is 0.387 e. The lowest BCUT2D eigenvalue weighted by Crippen LogP contribution is -2.78. The van der Waals surface area contributed by atoms with Gasteiger partial charge in [0, 0.05) is 18.9 Å². The van der Waals surface area contributed by atoms with E-state index in [4.69, 9.17) is 24.7 Å². The second-order valence-corrected chi connectivity index (χ2v) is 9.40. The second kappa shape index (κ2) is 10.2. The van der Waals surface area contributed by atoms with Gasteiger partial charge >= 0.3 is 0 Å². The van der Waals surface area contributed by atoms with Gasteiger partial charge in [-0.25, -0.2) is 0 Å². The number of aliphatic hydroxyl groups excluding tert-OH is 2. The van der Waals surface area contributed by atoms with Crippen molar-refractivity contribution in [3.63, 3.8) is 0 Å². The summed E-state index contributed by atoms with van der Waals surface area (Å²) in [4.78, 5) is 0.